The minimum Gasteiger partial charge on any atom is -0.312 e. The van der Waals surface area contributed by atoms with E-state index in [0.29, 0.717) is 12.6 Å². The lowest BCUT2D eigenvalue weighted by Gasteiger charge is -2.15. The fourth-order valence-electron chi connectivity index (χ4n) is 3.04. The molecule has 0 amide bonds. The van der Waals surface area contributed by atoms with Gasteiger partial charge in [0.15, 0.2) is 12.6 Å². The minimum absolute atomic E-state index is 0.157. The molecule has 7 nitrogen and oxygen atoms in total. The number of carbonyl (C=O) groups excluding carboxylic acids is 2. The molecule has 3 rings (SSSR count). The molecule has 0 aliphatic heterocycles. The van der Waals surface area contributed by atoms with Crippen molar-refractivity contribution in [2.24, 2.45) is 0 Å². The van der Waals surface area contributed by atoms with Crippen LogP contribution in [0, 0.1) is 0 Å². The van der Waals surface area contributed by atoms with Gasteiger partial charge in [0.25, 0.3) is 11.1 Å². The van der Waals surface area contributed by atoms with Gasteiger partial charge < -0.3 is 9.13 Å². The second kappa shape index (κ2) is 6.33. The van der Waals surface area contributed by atoms with Gasteiger partial charge in [0.1, 0.15) is 0 Å². The molecule has 0 aliphatic rings. The third-order valence-corrected chi connectivity index (χ3v) is 4.42. The third kappa shape index (κ3) is 2.56. The van der Waals surface area contributed by atoms with E-state index in [2.05, 4.69) is 4.98 Å². The average molecular weight is 353 g/mol. The Balaban J connectivity index is 2.61. The van der Waals surface area contributed by atoms with Crippen LogP contribution in [0.4, 0.5) is 0 Å². The van der Waals surface area contributed by atoms with Crippen LogP contribution in [0.25, 0.3) is 21.8 Å². The molecule has 0 saturated heterocycles. The lowest BCUT2D eigenvalue weighted by molar-refractivity contribution is 0.111. The summed E-state index contributed by atoms with van der Waals surface area (Å²) < 4.78 is 2.87. The van der Waals surface area contributed by atoms with Crippen LogP contribution >= 0.6 is 0 Å². The summed E-state index contributed by atoms with van der Waals surface area (Å²) in [6, 6.07) is 1.13. The van der Waals surface area contributed by atoms with E-state index in [0.717, 1.165) is 0 Å². The maximum atomic E-state index is 12.8. The quantitative estimate of drug-likeness (QED) is 0.531. The van der Waals surface area contributed by atoms with E-state index in [1.165, 1.54) is 27.6 Å². The van der Waals surface area contributed by atoms with Gasteiger partial charge in [-0.3, -0.25) is 19.2 Å². The van der Waals surface area contributed by atoms with Gasteiger partial charge in [-0.1, -0.05) is 0 Å². The zero-order valence-corrected chi connectivity index (χ0v) is 15.0. The van der Waals surface area contributed by atoms with Crippen molar-refractivity contribution in [1.29, 1.82) is 0 Å². The van der Waals surface area contributed by atoms with Crippen molar-refractivity contribution in [3.63, 3.8) is 0 Å². The Labute approximate surface area is 148 Å². The fourth-order valence-corrected chi connectivity index (χ4v) is 3.04. The molecule has 0 unspecified atom stereocenters. The molecule has 7 heteroatoms. The summed E-state index contributed by atoms with van der Waals surface area (Å²) in [5.41, 5.74) is 0.197. The summed E-state index contributed by atoms with van der Waals surface area (Å²) in [6.07, 6.45) is 4.15. The number of nitrogens with zero attached hydrogens (tertiary/aromatic N) is 3. The Kier molecular flexibility index (Phi) is 4.31. The van der Waals surface area contributed by atoms with Crippen molar-refractivity contribution < 1.29 is 9.59 Å². The zero-order chi connectivity index (χ0) is 19.2. The van der Waals surface area contributed by atoms with Gasteiger partial charge in [0.05, 0.1) is 32.9 Å². The fraction of sp³-hybridized carbons (Fsp3) is 0.316. The molecule has 0 bridgehead atoms. The highest BCUT2D eigenvalue weighted by Gasteiger charge is 2.17. The maximum absolute atomic E-state index is 12.8. The summed E-state index contributed by atoms with van der Waals surface area (Å²) in [5.74, 6) is 0. The first-order valence-electron chi connectivity index (χ1n) is 8.35. The SMILES string of the molecule is CC(C)n1cc(C=O)c2nc3c(C=O)cn(C(C)C)c(=O)c3cc2c1=O. The van der Waals surface area contributed by atoms with Crippen LogP contribution in [0.15, 0.2) is 28.0 Å². The summed E-state index contributed by atoms with van der Waals surface area (Å²) in [6.45, 7) is 7.30. The molecule has 0 aromatic carbocycles. The average Bonchev–Trinajstić information content (AvgIpc) is 2.61. The molecule has 0 radical (unpaired) electrons. The predicted octanol–water partition coefficient (Wildman–Crippen LogP) is 2.50. The number of hydrogen-bond acceptors (Lipinski definition) is 5. The van der Waals surface area contributed by atoms with Gasteiger partial charge in [0.2, 0.25) is 0 Å². The highest BCUT2D eigenvalue weighted by atomic mass is 16.1. The minimum atomic E-state index is -0.331. The molecule has 134 valence electrons. The number of aromatic nitrogens is 3. The van der Waals surface area contributed by atoms with Crippen molar-refractivity contribution in [3.8, 4) is 0 Å². The van der Waals surface area contributed by atoms with E-state index in [4.69, 9.17) is 0 Å². The molecule has 0 spiro atoms. The van der Waals surface area contributed by atoms with Gasteiger partial charge in [-0.05, 0) is 33.8 Å². The van der Waals surface area contributed by atoms with Crippen molar-refractivity contribution in [2.75, 3.05) is 0 Å². The van der Waals surface area contributed by atoms with Gasteiger partial charge in [-0.25, -0.2) is 4.98 Å². The summed E-state index contributed by atoms with van der Waals surface area (Å²) in [5, 5.41) is 0.373. The Morgan fingerprint density at radius 2 is 1.19 bits per heavy atom. The van der Waals surface area contributed by atoms with Crippen LogP contribution < -0.4 is 11.1 Å². The van der Waals surface area contributed by atoms with Gasteiger partial charge in [-0.15, -0.1) is 0 Å². The smallest absolute Gasteiger partial charge is 0.260 e. The van der Waals surface area contributed by atoms with E-state index in [1.807, 2.05) is 27.7 Å². The van der Waals surface area contributed by atoms with Crippen LogP contribution in [0.1, 0.15) is 60.5 Å². The largest absolute Gasteiger partial charge is 0.312 e. The lowest BCUT2D eigenvalue weighted by atomic mass is 10.1. The van der Waals surface area contributed by atoms with Gasteiger partial charge >= 0.3 is 0 Å². The second-order valence-corrected chi connectivity index (χ2v) is 6.80. The van der Waals surface area contributed by atoms with Crippen molar-refractivity contribution >= 4 is 34.4 Å². The first-order chi connectivity index (χ1) is 12.3. The molecule has 0 atom stereocenters. The highest BCUT2D eigenvalue weighted by molar-refractivity contribution is 6.03. The molecular weight excluding hydrogens is 334 g/mol. The number of aldehydes is 2. The summed E-state index contributed by atoms with van der Waals surface area (Å²) >= 11 is 0. The maximum Gasteiger partial charge on any atom is 0.260 e. The van der Waals surface area contributed by atoms with Gasteiger partial charge in [-0.2, -0.15) is 0 Å². The van der Waals surface area contributed by atoms with Gasteiger partial charge in [0, 0.05) is 24.5 Å². The van der Waals surface area contributed by atoms with E-state index in [9.17, 15) is 19.2 Å². The molecule has 0 saturated carbocycles. The van der Waals surface area contributed by atoms with E-state index in [1.54, 1.807) is 0 Å². The number of carbonyl (C=O) groups is 2. The second-order valence-electron chi connectivity index (χ2n) is 6.80. The molecule has 3 heterocycles. The lowest BCUT2D eigenvalue weighted by Crippen LogP contribution is -2.25. The van der Waals surface area contributed by atoms with Crippen molar-refractivity contribution in [1.82, 2.24) is 14.1 Å². The molecule has 0 N–H and O–H groups in total. The summed E-state index contributed by atoms with van der Waals surface area (Å²) in [4.78, 5) is 53.0. The molecule has 0 aliphatic carbocycles. The Hall–Kier alpha value is -3.09. The number of rotatable bonds is 4. The van der Waals surface area contributed by atoms with Crippen LogP contribution in [-0.2, 0) is 0 Å². The van der Waals surface area contributed by atoms with Crippen molar-refractivity contribution in [2.45, 2.75) is 39.8 Å². The number of fused-ring (bicyclic) bond motifs is 2. The normalized spacial score (nSPS) is 11.6. The zero-order valence-electron chi connectivity index (χ0n) is 15.0. The Bertz CT molecular complexity index is 1080. The molecular formula is C19H19N3O4. The Morgan fingerprint density at radius 3 is 1.50 bits per heavy atom. The van der Waals surface area contributed by atoms with Crippen LogP contribution in [-0.4, -0.2) is 26.7 Å². The molecule has 3 aromatic heterocycles. The number of pyridine rings is 3. The first kappa shape index (κ1) is 17.7. The Morgan fingerprint density at radius 1 is 0.808 bits per heavy atom. The van der Waals surface area contributed by atoms with E-state index < -0.39 is 0 Å². The first-order valence-corrected chi connectivity index (χ1v) is 8.35. The van der Waals surface area contributed by atoms with Crippen LogP contribution in [0.3, 0.4) is 0 Å². The predicted molar refractivity (Wildman–Crippen MR) is 99.3 cm³/mol. The highest BCUT2D eigenvalue weighted by Crippen LogP contribution is 2.21. The third-order valence-electron chi connectivity index (χ3n) is 4.42. The standard InChI is InChI=1S/C19H19N3O4/c1-10(2)21-6-12(8-23)16-14(18(21)25)5-15-17(20-16)13(9-24)7-22(11(3)4)19(15)26/h5-11H,1-4H3. The summed E-state index contributed by atoms with van der Waals surface area (Å²) in [7, 11) is 0. The molecule has 26 heavy (non-hydrogen) atoms. The van der Waals surface area contributed by atoms with E-state index in [-0.39, 0.29) is 56.1 Å². The van der Waals surface area contributed by atoms with E-state index >= 15 is 0 Å². The molecule has 0 fully saturated rings. The molecule has 3 aromatic rings. The monoisotopic (exact) mass is 353 g/mol. The number of hydrogen-bond donors (Lipinski definition) is 0. The van der Waals surface area contributed by atoms with Crippen LogP contribution in [0.2, 0.25) is 0 Å². The topological polar surface area (TPSA) is 91.0 Å². The van der Waals surface area contributed by atoms with Crippen molar-refractivity contribution in [3.05, 3.63) is 50.3 Å². The van der Waals surface area contributed by atoms with Crippen LogP contribution in [0.5, 0.6) is 0 Å².